The van der Waals surface area contributed by atoms with Gasteiger partial charge in [-0.25, -0.2) is 8.42 Å². The Labute approximate surface area is 244 Å². The molecule has 0 saturated heterocycles. The first-order valence-corrected chi connectivity index (χ1v) is 15.8. The second-order valence-electron chi connectivity index (χ2n) is 10.1. The molecular formula is C32H41N3O5S. The number of carbonyl (C=O) groups is 2. The van der Waals surface area contributed by atoms with Gasteiger partial charge in [-0.3, -0.25) is 13.9 Å². The maximum atomic E-state index is 13.9. The average molecular weight is 580 g/mol. The maximum absolute atomic E-state index is 13.9. The molecule has 0 bridgehead atoms. The van der Waals surface area contributed by atoms with Crippen molar-refractivity contribution in [2.45, 2.75) is 52.1 Å². The number of amides is 2. The van der Waals surface area contributed by atoms with Crippen molar-refractivity contribution in [3.8, 4) is 5.75 Å². The fourth-order valence-corrected chi connectivity index (χ4v) is 5.61. The van der Waals surface area contributed by atoms with Crippen LogP contribution in [0.5, 0.6) is 5.75 Å². The molecule has 0 heterocycles. The number of anilines is 1. The SMILES string of the molecule is CCCNC(=O)[C@H](Cc1ccccc1)N(Cc1ccccc1C)C(=O)CCCN(c1ccc(OC)cc1)S(C)(=O)=O. The molecule has 1 N–H and O–H groups in total. The Hall–Kier alpha value is -3.85. The first-order valence-electron chi connectivity index (χ1n) is 13.9. The van der Waals surface area contributed by atoms with Crippen molar-refractivity contribution in [2.24, 2.45) is 0 Å². The van der Waals surface area contributed by atoms with E-state index in [-0.39, 0.29) is 37.7 Å². The molecule has 0 spiro atoms. The highest BCUT2D eigenvalue weighted by atomic mass is 32.2. The molecule has 0 saturated carbocycles. The van der Waals surface area contributed by atoms with E-state index in [4.69, 9.17) is 4.74 Å². The van der Waals surface area contributed by atoms with E-state index < -0.39 is 16.1 Å². The molecule has 220 valence electrons. The number of sulfonamides is 1. The van der Waals surface area contributed by atoms with Gasteiger partial charge in [0.1, 0.15) is 11.8 Å². The largest absolute Gasteiger partial charge is 0.497 e. The molecule has 0 fully saturated rings. The minimum atomic E-state index is -3.59. The van der Waals surface area contributed by atoms with Crippen LogP contribution in [0.4, 0.5) is 5.69 Å². The third-order valence-electron chi connectivity index (χ3n) is 6.93. The monoisotopic (exact) mass is 579 g/mol. The molecule has 0 aromatic heterocycles. The van der Waals surface area contributed by atoms with Crippen LogP contribution in [0, 0.1) is 6.92 Å². The normalized spacial score (nSPS) is 11.9. The fraction of sp³-hybridized carbons (Fsp3) is 0.375. The van der Waals surface area contributed by atoms with Gasteiger partial charge in [-0.1, -0.05) is 61.5 Å². The topological polar surface area (TPSA) is 96.0 Å². The van der Waals surface area contributed by atoms with Crippen LogP contribution in [0.25, 0.3) is 0 Å². The Balaban J connectivity index is 1.87. The molecule has 41 heavy (non-hydrogen) atoms. The number of ether oxygens (including phenoxy) is 1. The van der Waals surface area contributed by atoms with E-state index in [1.54, 1.807) is 36.3 Å². The van der Waals surface area contributed by atoms with Gasteiger partial charge in [0.25, 0.3) is 0 Å². The summed E-state index contributed by atoms with van der Waals surface area (Å²) in [5, 5.41) is 2.98. The van der Waals surface area contributed by atoms with Crippen molar-refractivity contribution in [1.29, 1.82) is 0 Å². The Morgan fingerprint density at radius 1 is 0.951 bits per heavy atom. The lowest BCUT2D eigenvalue weighted by Crippen LogP contribution is -2.50. The summed E-state index contributed by atoms with van der Waals surface area (Å²) in [7, 11) is -2.04. The molecular weight excluding hydrogens is 538 g/mol. The molecule has 0 aliphatic heterocycles. The predicted octanol–water partition coefficient (Wildman–Crippen LogP) is 4.72. The quantitative estimate of drug-likeness (QED) is 0.281. The van der Waals surface area contributed by atoms with Crippen LogP contribution in [0.15, 0.2) is 78.9 Å². The Kier molecular flexibility index (Phi) is 11.8. The van der Waals surface area contributed by atoms with E-state index in [1.165, 1.54) is 4.31 Å². The highest BCUT2D eigenvalue weighted by Gasteiger charge is 2.30. The van der Waals surface area contributed by atoms with Crippen LogP contribution in [-0.2, 0) is 32.6 Å². The Morgan fingerprint density at radius 2 is 1.61 bits per heavy atom. The van der Waals surface area contributed by atoms with Gasteiger partial charge >= 0.3 is 0 Å². The number of nitrogens with zero attached hydrogens (tertiary/aromatic N) is 2. The summed E-state index contributed by atoms with van der Waals surface area (Å²) in [5.41, 5.74) is 3.44. The number of nitrogens with one attached hydrogen (secondary N) is 1. The molecule has 2 amide bonds. The number of rotatable bonds is 15. The number of hydrogen-bond acceptors (Lipinski definition) is 5. The highest BCUT2D eigenvalue weighted by Crippen LogP contribution is 2.23. The van der Waals surface area contributed by atoms with Crippen LogP contribution < -0.4 is 14.4 Å². The van der Waals surface area contributed by atoms with Gasteiger partial charge < -0.3 is 15.0 Å². The van der Waals surface area contributed by atoms with E-state index in [0.717, 1.165) is 29.4 Å². The number of hydrogen-bond donors (Lipinski definition) is 1. The Bertz CT molecular complexity index is 1380. The van der Waals surface area contributed by atoms with E-state index in [9.17, 15) is 18.0 Å². The standard InChI is InChI=1S/C32H41N3O5S/c1-5-21-33-32(37)30(23-26-13-7-6-8-14-26)34(24-27-15-10-9-12-25(27)2)31(36)16-11-22-35(41(4,38)39)28-17-19-29(40-3)20-18-28/h6-10,12-15,17-20,30H,5,11,16,21-24H2,1-4H3,(H,33,37)/t30-/m0/s1. The molecule has 0 unspecified atom stereocenters. The Morgan fingerprint density at radius 3 is 2.22 bits per heavy atom. The molecule has 1 atom stereocenters. The first-order chi connectivity index (χ1) is 19.6. The minimum Gasteiger partial charge on any atom is -0.497 e. The highest BCUT2D eigenvalue weighted by molar-refractivity contribution is 7.92. The molecule has 8 nitrogen and oxygen atoms in total. The van der Waals surface area contributed by atoms with Crippen LogP contribution >= 0.6 is 0 Å². The zero-order valence-corrected chi connectivity index (χ0v) is 25.2. The lowest BCUT2D eigenvalue weighted by molar-refractivity contribution is -0.141. The van der Waals surface area contributed by atoms with E-state index in [0.29, 0.717) is 24.4 Å². The summed E-state index contributed by atoms with van der Waals surface area (Å²) < 4.78 is 31.7. The molecule has 3 aromatic carbocycles. The summed E-state index contributed by atoms with van der Waals surface area (Å²) >= 11 is 0. The molecule has 3 aromatic rings. The van der Waals surface area contributed by atoms with Crippen molar-refractivity contribution < 1.29 is 22.7 Å². The average Bonchev–Trinajstić information content (AvgIpc) is 2.96. The summed E-state index contributed by atoms with van der Waals surface area (Å²) in [6.07, 6.45) is 2.67. The third kappa shape index (κ3) is 9.35. The molecule has 0 aliphatic carbocycles. The van der Waals surface area contributed by atoms with E-state index >= 15 is 0 Å². The number of benzene rings is 3. The van der Waals surface area contributed by atoms with Crippen molar-refractivity contribution in [3.05, 3.63) is 95.6 Å². The summed E-state index contributed by atoms with van der Waals surface area (Å²) in [6, 6.07) is 23.5. The van der Waals surface area contributed by atoms with Crippen molar-refractivity contribution in [1.82, 2.24) is 10.2 Å². The van der Waals surface area contributed by atoms with Crippen LogP contribution in [-0.4, -0.2) is 57.6 Å². The predicted molar refractivity (Wildman–Crippen MR) is 163 cm³/mol. The van der Waals surface area contributed by atoms with Gasteiger partial charge in [-0.2, -0.15) is 0 Å². The van der Waals surface area contributed by atoms with Crippen molar-refractivity contribution in [3.63, 3.8) is 0 Å². The zero-order chi connectivity index (χ0) is 29.8. The smallest absolute Gasteiger partial charge is 0.243 e. The van der Waals surface area contributed by atoms with Gasteiger partial charge in [-0.05, 0) is 60.7 Å². The molecule has 0 radical (unpaired) electrons. The van der Waals surface area contributed by atoms with Crippen molar-refractivity contribution >= 4 is 27.5 Å². The maximum Gasteiger partial charge on any atom is 0.243 e. The van der Waals surface area contributed by atoms with E-state index in [1.807, 2.05) is 68.4 Å². The lowest BCUT2D eigenvalue weighted by atomic mass is 10.0. The molecule has 0 aliphatic rings. The third-order valence-corrected chi connectivity index (χ3v) is 8.13. The van der Waals surface area contributed by atoms with Gasteiger partial charge in [0.05, 0.1) is 19.1 Å². The summed E-state index contributed by atoms with van der Waals surface area (Å²) in [4.78, 5) is 29.0. The van der Waals surface area contributed by atoms with Crippen LogP contribution in [0.2, 0.25) is 0 Å². The minimum absolute atomic E-state index is 0.0837. The first kappa shape index (κ1) is 31.7. The van der Waals surface area contributed by atoms with Gasteiger partial charge in [0.2, 0.25) is 21.8 Å². The number of carbonyl (C=O) groups excluding carboxylic acids is 2. The second kappa shape index (κ2) is 15.2. The molecule has 9 heteroatoms. The number of aryl methyl sites for hydroxylation is 1. The fourth-order valence-electron chi connectivity index (χ4n) is 4.64. The molecule has 3 rings (SSSR count). The van der Waals surface area contributed by atoms with Crippen molar-refractivity contribution in [2.75, 3.05) is 30.8 Å². The van der Waals surface area contributed by atoms with Crippen LogP contribution in [0.3, 0.4) is 0 Å². The zero-order valence-electron chi connectivity index (χ0n) is 24.4. The van der Waals surface area contributed by atoms with E-state index in [2.05, 4.69) is 5.32 Å². The summed E-state index contributed by atoms with van der Waals surface area (Å²) in [5.74, 6) is 0.215. The van der Waals surface area contributed by atoms with Crippen LogP contribution in [0.1, 0.15) is 42.9 Å². The lowest BCUT2D eigenvalue weighted by Gasteiger charge is -2.32. The second-order valence-corrected chi connectivity index (χ2v) is 12.0. The van der Waals surface area contributed by atoms with Gasteiger partial charge in [0.15, 0.2) is 0 Å². The summed E-state index contributed by atoms with van der Waals surface area (Å²) in [6.45, 7) is 4.89. The number of methoxy groups -OCH3 is 1. The van der Waals surface area contributed by atoms with Gasteiger partial charge in [-0.15, -0.1) is 0 Å². The van der Waals surface area contributed by atoms with Gasteiger partial charge in [0, 0.05) is 32.5 Å².